The molecule has 0 spiro atoms. The van der Waals surface area contributed by atoms with E-state index in [-0.39, 0.29) is 23.0 Å². The monoisotopic (exact) mass is 333 g/mol. The van der Waals surface area contributed by atoms with Crippen molar-refractivity contribution in [3.63, 3.8) is 0 Å². The molecule has 0 radical (unpaired) electrons. The summed E-state index contributed by atoms with van der Waals surface area (Å²) in [6.45, 7) is 1.69. The lowest BCUT2D eigenvalue weighted by Crippen LogP contribution is -2.23. The fraction of sp³-hybridized carbons (Fsp3) is 0.154. The number of rotatable bonds is 5. The van der Waals surface area contributed by atoms with E-state index in [0.717, 1.165) is 11.8 Å². The van der Waals surface area contributed by atoms with Gasteiger partial charge in [0, 0.05) is 11.3 Å². The van der Waals surface area contributed by atoms with E-state index in [1.54, 1.807) is 19.1 Å². The van der Waals surface area contributed by atoms with Crippen molar-refractivity contribution < 1.29 is 9.59 Å². The summed E-state index contributed by atoms with van der Waals surface area (Å²) >= 11 is 1.10. The van der Waals surface area contributed by atoms with Crippen molar-refractivity contribution in [1.82, 2.24) is 15.0 Å². The van der Waals surface area contributed by atoms with E-state index in [1.165, 1.54) is 12.1 Å². The van der Waals surface area contributed by atoms with Crippen LogP contribution in [0.3, 0.4) is 0 Å². The first-order valence-electron chi connectivity index (χ1n) is 6.49. The third-order valence-corrected chi connectivity index (χ3v) is 3.70. The molecule has 120 valence electrons. The minimum absolute atomic E-state index is 0.00495. The van der Waals surface area contributed by atoms with Crippen LogP contribution in [0, 0.1) is 0 Å². The number of nitrogens with two attached hydrogens (primary N) is 3. The molecule has 2 aromatic rings. The number of primary amides is 1. The summed E-state index contributed by atoms with van der Waals surface area (Å²) in [5.74, 6) is -0.805. The highest BCUT2D eigenvalue weighted by Crippen LogP contribution is 2.21. The highest BCUT2D eigenvalue weighted by atomic mass is 32.2. The molecule has 0 unspecified atom stereocenters. The molecule has 0 bridgehead atoms. The number of aromatic nitrogens is 3. The van der Waals surface area contributed by atoms with Gasteiger partial charge in [0.2, 0.25) is 23.7 Å². The zero-order valence-electron chi connectivity index (χ0n) is 12.2. The summed E-state index contributed by atoms with van der Waals surface area (Å²) in [5, 5.41) is 2.48. The molecule has 1 heterocycles. The van der Waals surface area contributed by atoms with E-state index in [1.807, 2.05) is 0 Å². The molecule has 0 fully saturated rings. The number of benzene rings is 1. The zero-order valence-corrected chi connectivity index (χ0v) is 13.0. The van der Waals surface area contributed by atoms with Crippen LogP contribution in [-0.2, 0) is 4.79 Å². The van der Waals surface area contributed by atoms with Gasteiger partial charge >= 0.3 is 0 Å². The van der Waals surface area contributed by atoms with Crippen molar-refractivity contribution >= 4 is 41.2 Å². The molecule has 2 amide bonds. The van der Waals surface area contributed by atoms with E-state index in [9.17, 15) is 9.59 Å². The largest absolute Gasteiger partial charge is 0.368 e. The van der Waals surface area contributed by atoms with Crippen LogP contribution in [0.2, 0.25) is 0 Å². The molecule has 2 rings (SSSR count). The SMILES string of the molecule is C[C@H](Sc1nc(N)nc(N)n1)C(=O)Nc1ccc(C(N)=O)cc1. The van der Waals surface area contributed by atoms with Gasteiger partial charge in [0.25, 0.3) is 0 Å². The van der Waals surface area contributed by atoms with Crippen LogP contribution < -0.4 is 22.5 Å². The summed E-state index contributed by atoms with van der Waals surface area (Å²) in [4.78, 5) is 34.6. The maximum atomic E-state index is 12.1. The standard InChI is InChI=1S/C13H15N7O2S/c1-6(23-13-19-11(15)18-12(16)20-13)10(22)17-8-4-2-7(3-5-8)9(14)21/h2-6H,1H3,(H2,14,21)(H,17,22)(H4,15,16,18,19,20)/t6-/m0/s1. The number of nitrogens with zero attached hydrogens (tertiary/aromatic N) is 3. The molecule has 23 heavy (non-hydrogen) atoms. The molecule has 1 aromatic carbocycles. The van der Waals surface area contributed by atoms with Crippen LogP contribution in [-0.4, -0.2) is 32.0 Å². The summed E-state index contributed by atoms with van der Waals surface area (Å²) in [7, 11) is 0. The lowest BCUT2D eigenvalue weighted by molar-refractivity contribution is -0.115. The second kappa shape index (κ2) is 6.92. The van der Waals surface area contributed by atoms with Gasteiger partial charge in [0.05, 0.1) is 5.25 Å². The Labute approximate surface area is 136 Å². The maximum Gasteiger partial charge on any atom is 0.248 e. The Morgan fingerprint density at radius 3 is 2.17 bits per heavy atom. The van der Waals surface area contributed by atoms with Crippen molar-refractivity contribution in [1.29, 1.82) is 0 Å². The minimum atomic E-state index is -0.531. The predicted octanol–water partition coefficient (Wildman–Crippen LogP) is 0.254. The Morgan fingerprint density at radius 1 is 1.09 bits per heavy atom. The molecule has 0 saturated carbocycles. The molecule has 0 aliphatic carbocycles. The van der Waals surface area contributed by atoms with Gasteiger partial charge in [-0.2, -0.15) is 15.0 Å². The second-order valence-corrected chi connectivity index (χ2v) is 5.83. The summed E-state index contributed by atoms with van der Waals surface area (Å²) in [5.41, 5.74) is 17.0. The molecule has 0 saturated heterocycles. The maximum absolute atomic E-state index is 12.1. The van der Waals surface area contributed by atoms with Gasteiger partial charge in [0.1, 0.15) is 0 Å². The van der Waals surface area contributed by atoms with Crippen molar-refractivity contribution in [3.05, 3.63) is 29.8 Å². The Balaban J connectivity index is 2.00. The fourth-order valence-electron chi connectivity index (χ4n) is 1.61. The molecule has 9 nitrogen and oxygen atoms in total. The first kappa shape index (κ1) is 16.5. The average molecular weight is 333 g/mol. The number of hydrogen-bond donors (Lipinski definition) is 4. The van der Waals surface area contributed by atoms with Crippen LogP contribution in [0.4, 0.5) is 17.6 Å². The van der Waals surface area contributed by atoms with Gasteiger partial charge in [-0.05, 0) is 31.2 Å². The molecule has 1 atom stereocenters. The summed E-state index contributed by atoms with van der Waals surface area (Å²) in [6.07, 6.45) is 0. The number of carbonyl (C=O) groups excluding carboxylic acids is 2. The molecular formula is C13H15N7O2S. The van der Waals surface area contributed by atoms with Gasteiger partial charge in [-0.3, -0.25) is 9.59 Å². The first-order chi connectivity index (χ1) is 10.8. The van der Waals surface area contributed by atoms with Crippen molar-refractivity contribution in [2.75, 3.05) is 16.8 Å². The Bertz CT molecular complexity index is 715. The topological polar surface area (TPSA) is 163 Å². The normalized spacial score (nSPS) is 11.7. The number of nitrogens with one attached hydrogen (secondary N) is 1. The number of nitrogen functional groups attached to an aromatic ring is 2. The number of anilines is 3. The number of hydrogen-bond acceptors (Lipinski definition) is 8. The van der Waals surface area contributed by atoms with Crippen LogP contribution in [0.5, 0.6) is 0 Å². The lowest BCUT2D eigenvalue weighted by atomic mass is 10.2. The van der Waals surface area contributed by atoms with Gasteiger partial charge in [-0.25, -0.2) is 0 Å². The number of amides is 2. The third-order valence-electron chi connectivity index (χ3n) is 2.74. The quantitative estimate of drug-likeness (QED) is 0.566. The number of carbonyl (C=O) groups is 2. The molecule has 0 aliphatic heterocycles. The summed E-state index contributed by atoms with van der Waals surface area (Å²) < 4.78 is 0. The predicted molar refractivity (Wildman–Crippen MR) is 87.6 cm³/mol. The summed E-state index contributed by atoms with van der Waals surface area (Å²) in [6, 6.07) is 6.24. The zero-order chi connectivity index (χ0) is 17.0. The van der Waals surface area contributed by atoms with Crippen LogP contribution in [0.25, 0.3) is 0 Å². The van der Waals surface area contributed by atoms with Gasteiger partial charge in [0.15, 0.2) is 5.16 Å². The van der Waals surface area contributed by atoms with Gasteiger partial charge < -0.3 is 22.5 Å². The van der Waals surface area contributed by atoms with E-state index in [0.29, 0.717) is 11.3 Å². The van der Waals surface area contributed by atoms with Crippen LogP contribution in [0.1, 0.15) is 17.3 Å². The van der Waals surface area contributed by atoms with Gasteiger partial charge in [-0.1, -0.05) is 11.8 Å². The number of thioether (sulfide) groups is 1. The molecule has 1 aromatic heterocycles. The van der Waals surface area contributed by atoms with Crippen molar-refractivity contribution in [2.24, 2.45) is 5.73 Å². The average Bonchev–Trinajstić information content (AvgIpc) is 2.46. The Morgan fingerprint density at radius 2 is 1.65 bits per heavy atom. The molecular weight excluding hydrogens is 318 g/mol. The molecule has 0 aliphatic rings. The lowest BCUT2D eigenvalue weighted by Gasteiger charge is -2.11. The van der Waals surface area contributed by atoms with Gasteiger partial charge in [-0.15, -0.1) is 0 Å². The molecule has 7 N–H and O–H groups in total. The highest BCUT2D eigenvalue weighted by molar-refractivity contribution is 8.00. The minimum Gasteiger partial charge on any atom is -0.368 e. The van der Waals surface area contributed by atoms with Crippen LogP contribution >= 0.6 is 11.8 Å². The fourth-order valence-corrected chi connectivity index (χ4v) is 2.39. The van der Waals surface area contributed by atoms with E-state index < -0.39 is 11.2 Å². The van der Waals surface area contributed by atoms with Crippen LogP contribution in [0.15, 0.2) is 29.4 Å². The van der Waals surface area contributed by atoms with Crippen molar-refractivity contribution in [2.45, 2.75) is 17.3 Å². The van der Waals surface area contributed by atoms with E-state index >= 15 is 0 Å². The Hall–Kier alpha value is -2.88. The Kier molecular flexibility index (Phi) is 4.96. The van der Waals surface area contributed by atoms with Crippen molar-refractivity contribution in [3.8, 4) is 0 Å². The van der Waals surface area contributed by atoms with E-state index in [2.05, 4.69) is 20.3 Å². The van der Waals surface area contributed by atoms with E-state index in [4.69, 9.17) is 17.2 Å². The molecule has 10 heteroatoms. The smallest absolute Gasteiger partial charge is 0.248 e. The second-order valence-electron chi connectivity index (χ2n) is 4.53. The third kappa shape index (κ3) is 4.54. The first-order valence-corrected chi connectivity index (χ1v) is 7.37. The highest BCUT2D eigenvalue weighted by Gasteiger charge is 2.17.